The molecule has 0 aromatic heterocycles. The van der Waals surface area contributed by atoms with Crippen LogP contribution < -0.4 is 5.73 Å². The zero-order valence-electron chi connectivity index (χ0n) is 9.38. The molecule has 0 bridgehead atoms. The lowest BCUT2D eigenvalue weighted by molar-refractivity contribution is -0.384. The number of nitrogens with two attached hydrogens (primary N) is 1. The van der Waals surface area contributed by atoms with Crippen molar-refractivity contribution < 1.29 is 10.0 Å². The van der Waals surface area contributed by atoms with Gasteiger partial charge in [0, 0.05) is 18.6 Å². The predicted octanol–water partition coefficient (Wildman–Crippen LogP) is 1.44. The fourth-order valence-electron chi connectivity index (χ4n) is 1.27. The average molecular weight is 224 g/mol. The fourth-order valence-corrected chi connectivity index (χ4v) is 1.27. The lowest BCUT2D eigenvalue weighted by Crippen LogP contribution is -2.46. The molecular formula is C11H16N2O3. The van der Waals surface area contributed by atoms with E-state index in [0.29, 0.717) is 0 Å². The monoisotopic (exact) mass is 224 g/mol. The van der Waals surface area contributed by atoms with E-state index >= 15 is 0 Å². The van der Waals surface area contributed by atoms with Crippen LogP contribution in [0.1, 0.15) is 19.4 Å². The van der Waals surface area contributed by atoms with E-state index in [0.717, 1.165) is 5.56 Å². The Bertz CT molecular complexity index is 371. The molecule has 88 valence electrons. The van der Waals surface area contributed by atoms with Gasteiger partial charge < -0.3 is 10.8 Å². The van der Waals surface area contributed by atoms with Crippen LogP contribution in [0.5, 0.6) is 0 Å². The molecule has 0 aliphatic carbocycles. The van der Waals surface area contributed by atoms with Crippen molar-refractivity contribution in [1.29, 1.82) is 0 Å². The van der Waals surface area contributed by atoms with Gasteiger partial charge >= 0.3 is 0 Å². The van der Waals surface area contributed by atoms with Crippen molar-refractivity contribution in [2.75, 3.05) is 0 Å². The summed E-state index contributed by atoms with van der Waals surface area (Å²) in [6.07, 6.45) is 0.280. The average Bonchev–Trinajstić information content (AvgIpc) is 2.17. The lowest BCUT2D eigenvalue weighted by atomic mass is 9.93. The molecule has 0 heterocycles. The summed E-state index contributed by atoms with van der Waals surface area (Å²) < 4.78 is 0. The van der Waals surface area contributed by atoms with Gasteiger partial charge in [-0.1, -0.05) is 26.0 Å². The highest BCUT2D eigenvalue weighted by Gasteiger charge is 2.25. The summed E-state index contributed by atoms with van der Waals surface area (Å²) in [6.45, 7) is 3.65. The van der Waals surface area contributed by atoms with E-state index in [2.05, 4.69) is 0 Å². The molecule has 5 heteroatoms. The van der Waals surface area contributed by atoms with Crippen molar-refractivity contribution in [3.8, 4) is 0 Å². The third kappa shape index (κ3) is 3.01. The molecule has 0 amide bonds. The molecular weight excluding hydrogens is 208 g/mol. The summed E-state index contributed by atoms with van der Waals surface area (Å²) in [5, 5.41) is 20.3. The maximum Gasteiger partial charge on any atom is 0.269 e. The van der Waals surface area contributed by atoms with Gasteiger partial charge in [-0.25, -0.2) is 0 Å². The summed E-state index contributed by atoms with van der Waals surface area (Å²) in [7, 11) is 0. The number of non-ortho nitro benzene ring substituents is 1. The smallest absolute Gasteiger partial charge is 0.269 e. The van der Waals surface area contributed by atoms with Crippen molar-refractivity contribution in [2.45, 2.75) is 26.0 Å². The van der Waals surface area contributed by atoms with Crippen LogP contribution >= 0.6 is 0 Å². The van der Waals surface area contributed by atoms with Crippen molar-refractivity contribution in [3.05, 3.63) is 39.9 Å². The zero-order valence-corrected chi connectivity index (χ0v) is 9.38. The first-order valence-corrected chi connectivity index (χ1v) is 5.07. The van der Waals surface area contributed by atoms with Crippen LogP contribution in [-0.2, 0) is 6.42 Å². The molecule has 5 nitrogen and oxygen atoms in total. The van der Waals surface area contributed by atoms with Crippen LogP contribution in [0.25, 0.3) is 0 Å². The van der Waals surface area contributed by atoms with Crippen LogP contribution in [0.4, 0.5) is 5.69 Å². The van der Waals surface area contributed by atoms with Crippen LogP contribution in [0.3, 0.4) is 0 Å². The lowest BCUT2D eigenvalue weighted by Gasteiger charge is -2.27. The minimum absolute atomic E-state index is 0.0360. The number of benzene rings is 1. The molecule has 0 aliphatic rings. The summed E-state index contributed by atoms with van der Waals surface area (Å²) in [5.74, 6) is -0.0808. The number of hydrogen-bond acceptors (Lipinski definition) is 4. The van der Waals surface area contributed by atoms with Gasteiger partial charge in [0.1, 0.15) is 5.72 Å². The minimum Gasteiger partial charge on any atom is -0.375 e. The molecule has 0 aliphatic heterocycles. The molecule has 1 rings (SSSR count). The van der Waals surface area contributed by atoms with Gasteiger partial charge in [0.2, 0.25) is 0 Å². The molecule has 1 unspecified atom stereocenters. The normalized spacial score (nSPS) is 14.8. The van der Waals surface area contributed by atoms with E-state index < -0.39 is 10.6 Å². The van der Waals surface area contributed by atoms with Crippen molar-refractivity contribution in [1.82, 2.24) is 0 Å². The molecule has 0 saturated heterocycles. The quantitative estimate of drug-likeness (QED) is 0.460. The Morgan fingerprint density at radius 2 is 1.94 bits per heavy atom. The van der Waals surface area contributed by atoms with Gasteiger partial charge in [0.15, 0.2) is 0 Å². The molecule has 1 atom stereocenters. The van der Waals surface area contributed by atoms with E-state index in [1.54, 1.807) is 12.1 Å². The first-order valence-electron chi connectivity index (χ1n) is 5.07. The number of nitro benzene ring substituents is 1. The van der Waals surface area contributed by atoms with E-state index in [1.807, 2.05) is 13.8 Å². The molecule has 0 saturated carbocycles. The van der Waals surface area contributed by atoms with E-state index in [9.17, 15) is 15.2 Å². The van der Waals surface area contributed by atoms with E-state index in [-0.39, 0.29) is 18.0 Å². The second kappa shape index (κ2) is 4.59. The van der Waals surface area contributed by atoms with Gasteiger partial charge in [0.05, 0.1) is 4.92 Å². The molecule has 3 N–H and O–H groups in total. The molecule has 0 spiro atoms. The highest BCUT2D eigenvalue weighted by atomic mass is 16.6. The molecule has 16 heavy (non-hydrogen) atoms. The Balaban J connectivity index is 2.80. The Morgan fingerprint density at radius 3 is 2.31 bits per heavy atom. The summed E-state index contributed by atoms with van der Waals surface area (Å²) in [6, 6.07) is 6.04. The number of nitro groups is 1. The maximum atomic E-state index is 10.4. The van der Waals surface area contributed by atoms with Gasteiger partial charge in [-0.3, -0.25) is 10.1 Å². The Labute approximate surface area is 94.0 Å². The number of rotatable bonds is 4. The van der Waals surface area contributed by atoms with Gasteiger partial charge in [-0.05, 0) is 11.5 Å². The number of aliphatic hydroxyl groups is 1. The number of hydrogen-bond donors (Lipinski definition) is 2. The first kappa shape index (κ1) is 12.6. The van der Waals surface area contributed by atoms with Crippen LogP contribution in [0.15, 0.2) is 24.3 Å². The standard InChI is InChI=1S/C11H16N2O3/c1-8(2)11(12,14)7-9-3-5-10(6-4-9)13(15)16/h3-6,8,14H,7,12H2,1-2H3. The first-order chi connectivity index (χ1) is 7.33. The van der Waals surface area contributed by atoms with E-state index in [1.165, 1.54) is 12.1 Å². The second-order valence-corrected chi connectivity index (χ2v) is 4.25. The Hall–Kier alpha value is -1.46. The SMILES string of the molecule is CC(C)C(N)(O)Cc1ccc([N+](=O)[O-])cc1. The van der Waals surface area contributed by atoms with Crippen LogP contribution in [-0.4, -0.2) is 15.8 Å². The van der Waals surface area contributed by atoms with Crippen molar-refractivity contribution >= 4 is 5.69 Å². The fraction of sp³-hybridized carbons (Fsp3) is 0.455. The highest BCUT2D eigenvalue weighted by Crippen LogP contribution is 2.19. The largest absolute Gasteiger partial charge is 0.375 e. The Morgan fingerprint density at radius 1 is 1.44 bits per heavy atom. The second-order valence-electron chi connectivity index (χ2n) is 4.25. The third-order valence-corrected chi connectivity index (χ3v) is 2.63. The Kier molecular flexibility index (Phi) is 3.62. The van der Waals surface area contributed by atoms with Crippen molar-refractivity contribution in [2.24, 2.45) is 11.7 Å². The van der Waals surface area contributed by atoms with Crippen LogP contribution in [0, 0.1) is 16.0 Å². The molecule has 1 aromatic rings. The van der Waals surface area contributed by atoms with Gasteiger partial charge in [-0.15, -0.1) is 0 Å². The molecule has 0 radical (unpaired) electrons. The van der Waals surface area contributed by atoms with E-state index in [4.69, 9.17) is 5.73 Å². The third-order valence-electron chi connectivity index (χ3n) is 2.63. The molecule has 1 aromatic carbocycles. The number of nitrogens with zero attached hydrogens (tertiary/aromatic N) is 1. The molecule has 0 fully saturated rings. The van der Waals surface area contributed by atoms with Crippen LogP contribution in [0.2, 0.25) is 0 Å². The predicted molar refractivity (Wildman–Crippen MR) is 60.8 cm³/mol. The topological polar surface area (TPSA) is 89.4 Å². The summed E-state index contributed by atoms with van der Waals surface area (Å²) >= 11 is 0. The highest BCUT2D eigenvalue weighted by molar-refractivity contribution is 5.33. The summed E-state index contributed by atoms with van der Waals surface area (Å²) in [4.78, 5) is 9.98. The van der Waals surface area contributed by atoms with Gasteiger partial charge in [-0.2, -0.15) is 0 Å². The van der Waals surface area contributed by atoms with Gasteiger partial charge in [0.25, 0.3) is 5.69 Å². The maximum absolute atomic E-state index is 10.4. The summed E-state index contributed by atoms with van der Waals surface area (Å²) in [5.41, 5.74) is 5.25. The zero-order chi connectivity index (χ0) is 12.3. The minimum atomic E-state index is -1.28. The van der Waals surface area contributed by atoms with Crippen molar-refractivity contribution in [3.63, 3.8) is 0 Å².